The number of carbonyl (C=O) groups is 1. The number of benzene rings is 2. The van der Waals surface area contributed by atoms with Gasteiger partial charge in [-0.3, -0.25) is 9.10 Å². The van der Waals surface area contributed by atoms with E-state index in [1.54, 1.807) is 24.3 Å². The van der Waals surface area contributed by atoms with Crippen molar-refractivity contribution >= 4 is 27.8 Å². The third-order valence-corrected chi connectivity index (χ3v) is 6.28. The number of hydrazone groups is 1. The summed E-state index contributed by atoms with van der Waals surface area (Å²) in [6, 6.07) is 13.8. The van der Waals surface area contributed by atoms with Crippen molar-refractivity contribution in [3.8, 4) is 17.2 Å². The summed E-state index contributed by atoms with van der Waals surface area (Å²) in [6.07, 6.45) is 2.77. The van der Waals surface area contributed by atoms with Gasteiger partial charge in [-0.05, 0) is 48.5 Å². The number of hydrogen-bond donors (Lipinski definition) is 1. The van der Waals surface area contributed by atoms with E-state index in [2.05, 4.69) is 10.5 Å². The molecule has 3 aromatic rings. The Morgan fingerprint density at radius 1 is 1.03 bits per heavy atom. The largest absolute Gasteiger partial charge is 0.497 e. The average molecular weight is 474 g/mol. The summed E-state index contributed by atoms with van der Waals surface area (Å²) < 4.78 is 48.6. The van der Waals surface area contributed by atoms with Crippen LogP contribution in [0.1, 0.15) is 5.76 Å². The molecular weight excluding hydrogens is 450 g/mol. The second-order valence-corrected chi connectivity index (χ2v) is 8.40. The highest BCUT2D eigenvalue weighted by atomic mass is 32.2. The van der Waals surface area contributed by atoms with E-state index in [0.717, 1.165) is 4.31 Å². The fraction of sp³-hybridized carbons (Fsp3) is 0.182. The van der Waals surface area contributed by atoms with E-state index in [-0.39, 0.29) is 16.3 Å². The lowest BCUT2D eigenvalue weighted by molar-refractivity contribution is -0.119. The number of nitrogens with one attached hydrogen (secondary N) is 1. The molecule has 0 atom stereocenters. The van der Waals surface area contributed by atoms with Crippen LogP contribution in [0, 0.1) is 0 Å². The number of rotatable bonds is 10. The zero-order valence-corrected chi connectivity index (χ0v) is 19.0. The van der Waals surface area contributed by atoms with E-state index in [1.807, 2.05) is 0 Å². The molecule has 0 saturated carbocycles. The van der Waals surface area contributed by atoms with Gasteiger partial charge >= 0.3 is 0 Å². The van der Waals surface area contributed by atoms with Gasteiger partial charge in [0.2, 0.25) is 0 Å². The van der Waals surface area contributed by atoms with Gasteiger partial charge in [-0.2, -0.15) is 5.10 Å². The first-order valence-corrected chi connectivity index (χ1v) is 11.1. The smallest absolute Gasteiger partial charge is 0.264 e. The third-order valence-electron chi connectivity index (χ3n) is 4.51. The molecule has 0 aliphatic carbocycles. The molecule has 0 bridgehead atoms. The molecule has 0 aliphatic rings. The molecular formula is C22H23N3O7S. The van der Waals surface area contributed by atoms with Gasteiger partial charge in [0.25, 0.3) is 15.9 Å². The van der Waals surface area contributed by atoms with Crippen LogP contribution in [0.4, 0.5) is 5.69 Å². The first-order chi connectivity index (χ1) is 15.9. The number of anilines is 1. The Balaban J connectivity index is 1.92. The number of hydrogen-bond acceptors (Lipinski definition) is 8. The number of sulfonamides is 1. The minimum atomic E-state index is -4.17. The van der Waals surface area contributed by atoms with Crippen LogP contribution in [0.15, 0.2) is 75.3 Å². The van der Waals surface area contributed by atoms with Gasteiger partial charge in [-0.25, -0.2) is 13.8 Å². The number of methoxy groups -OCH3 is 3. The highest BCUT2D eigenvalue weighted by molar-refractivity contribution is 7.92. The van der Waals surface area contributed by atoms with Crippen molar-refractivity contribution < 1.29 is 31.8 Å². The molecule has 2 aromatic carbocycles. The van der Waals surface area contributed by atoms with Gasteiger partial charge < -0.3 is 18.6 Å². The maximum atomic E-state index is 13.5. The average Bonchev–Trinajstić information content (AvgIpc) is 3.35. The van der Waals surface area contributed by atoms with Gasteiger partial charge in [0.15, 0.2) is 11.5 Å². The maximum Gasteiger partial charge on any atom is 0.264 e. The minimum Gasteiger partial charge on any atom is -0.497 e. The van der Waals surface area contributed by atoms with Crippen LogP contribution in [0.5, 0.6) is 17.2 Å². The first kappa shape index (κ1) is 23.7. The predicted octanol–water partition coefficient (Wildman–Crippen LogP) is 2.65. The summed E-state index contributed by atoms with van der Waals surface area (Å²) in [7, 11) is 0.179. The van der Waals surface area contributed by atoms with E-state index in [0.29, 0.717) is 17.3 Å². The van der Waals surface area contributed by atoms with Gasteiger partial charge in [-0.15, -0.1) is 0 Å². The number of nitrogens with zero attached hydrogens (tertiary/aromatic N) is 2. The Bertz CT molecular complexity index is 1210. The lowest BCUT2D eigenvalue weighted by Crippen LogP contribution is -2.39. The Kier molecular flexibility index (Phi) is 7.57. The summed E-state index contributed by atoms with van der Waals surface area (Å²) in [5.41, 5.74) is 2.56. The van der Waals surface area contributed by atoms with Gasteiger partial charge in [0.1, 0.15) is 18.1 Å². The van der Waals surface area contributed by atoms with Crippen LogP contribution in [0.2, 0.25) is 0 Å². The van der Waals surface area contributed by atoms with Crippen LogP contribution < -0.4 is 23.9 Å². The maximum absolute atomic E-state index is 13.5. The van der Waals surface area contributed by atoms with Crippen LogP contribution >= 0.6 is 0 Å². The normalized spacial score (nSPS) is 11.2. The summed E-state index contributed by atoms with van der Waals surface area (Å²) in [6.45, 7) is -0.529. The van der Waals surface area contributed by atoms with Crippen molar-refractivity contribution in [3.63, 3.8) is 0 Å². The molecule has 33 heavy (non-hydrogen) atoms. The molecule has 1 aromatic heterocycles. The van der Waals surface area contributed by atoms with Crippen LogP contribution in [-0.2, 0) is 14.8 Å². The standard InChI is InChI=1S/C22H23N3O7S/c1-29-17-8-6-16(7-9-17)25(15-22(26)24-23-14-18-5-4-12-32-18)33(27,28)19-10-11-20(30-2)21(13-19)31-3/h4-14H,15H2,1-3H3,(H,24,26)/b23-14+. The van der Waals surface area contributed by atoms with E-state index >= 15 is 0 Å². The fourth-order valence-electron chi connectivity index (χ4n) is 2.87. The summed E-state index contributed by atoms with van der Waals surface area (Å²) in [4.78, 5) is 12.5. The molecule has 1 heterocycles. The SMILES string of the molecule is COc1ccc(N(CC(=O)N/N=C/c2ccco2)S(=O)(=O)c2ccc(OC)c(OC)c2)cc1. The second-order valence-electron chi connectivity index (χ2n) is 6.54. The van der Waals surface area contributed by atoms with Crippen LogP contribution in [0.3, 0.4) is 0 Å². The van der Waals surface area contributed by atoms with Crippen molar-refractivity contribution in [1.29, 1.82) is 0 Å². The highest BCUT2D eigenvalue weighted by Gasteiger charge is 2.28. The Morgan fingerprint density at radius 3 is 2.36 bits per heavy atom. The van der Waals surface area contributed by atoms with E-state index in [1.165, 1.54) is 64.1 Å². The Labute approximate surface area is 191 Å². The van der Waals surface area contributed by atoms with E-state index in [9.17, 15) is 13.2 Å². The van der Waals surface area contributed by atoms with E-state index < -0.39 is 22.5 Å². The van der Waals surface area contributed by atoms with Gasteiger partial charge in [0, 0.05) is 6.07 Å². The number of amides is 1. The van der Waals surface area contributed by atoms with Crippen LogP contribution in [0.25, 0.3) is 0 Å². The molecule has 0 aliphatic heterocycles. The molecule has 0 spiro atoms. The molecule has 174 valence electrons. The molecule has 11 heteroatoms. The molecule has 10 nitrogen and oxygen atoms in total. The number of carbonyl (C=O) groups excluding carboxylic acids is 1. The zero-order chi connectivity index (χ0) is 23.8. The minimum absolute atomic E-state index is 0.0807. The monoisotopic (exact) mass is 473 g/mol. The van der Waals surface area contributed by atoms with Crippen LogP contribution in [-0.4, -0.2) is 48.4 Å². The first-order valence-electron chi connectivity index (χ1n) is 9.63. The summed E-state index contributed by atoms with van der Waals surface area (Å²) in [5.74, 6) is 0.922. The third kappa shape index (κ3) is 5.63. The van der Waals surface area contributed by atoms with Crippen molar-refractivity contribution in [1.82, 2.24) is 5.43 Å². The Hall–Kier alpha value is -3.99. The fourth-order valence-corrected chi connectivity index (χ4v) is 4.30. The molecule has 0 fully saturated rings. The van der Waals surface area contributed by atoms with Gasteiger partial charge in [0.05, 0.1) is 44.4 Å². The predicted molar refractivity (Wildman–Crippen MR) is 122 cm³/mol. The molecule has 0 radical (unpaired) electrons. The van der Waals surface area contributed by atoms with Crippen molar-refractivity contribution in [3.05, 3.63) is 66.6 Å². The molecule has 1 N–H and O–H groups in total. The van der Waals surface area contributed by atoms with Crippen molar-refractivity contribution in [2.75, 3.05) is 32.2 Å². The molecule has 0 saturated heterocycles. The number of furan rings is 1. The second kappa shape index (κ2) is 10.6. The lowest BCUT2D eigenvalue weighted by Gasteiger charge is -2.24. The molecule has 3 rings (SSSR count). The topological polar surface area (TPSA) is 120 Å². The quantitative estimate of drug-likeness (QED) is 0.355. The molecule has 0 unspecified atom stereocenters. The summed E-state index contributed by atoms with van der Waals surface area (Å²) >= 11 is 0. The number of ether oxygens (including phenoxy) is 3. The van der Waals surface area contributed by atoms with Crippen molar-refractivity contribution in [2.24, 2.45) is 5.10 Å². The Morgan fingerprint density at radius 2 is 1.76 bits per heavy atom. The highest BCUT2D eigenvalue weighted by Crippen LogP contribution is 2.32. The summed E-state index contributed by atoms with van der Waals surface area (Å²) in [5, 5.41) is 3.80. The molecule has 1 amide bonds. The van der Waals surface area contributed by atoms with Gasteiger partial charge in [-0.1, -0.05) is 0 Å². The lowest BCUT2D eigenvalue weighted by atomic mass is 10.3. The van der Waals surface area contributed by atoms with Crippen molar-refractivity contribution in [2.45, 2.75) is 4.90 Å². The zero-order valence-electron chi connectivity index (χ0n) is 18.2. The van der Waals surface area contributed by atoms with E-state index in [4.69, 9.17) is 18.6 Å².